The van der Waals surface area contributed by atoms with Crippen LogP contribution in [0.15, 0.2) is 36.7 Å². The fourth-order valence-electron chi connectivity index (χ4n) is 1.78. The van der Waals surface area contributed by atoms with Crippen molar-refractivity contribution >= 4 is 29.1 Å². The maximum Gasteiger partial charge on any atom is 0.330 e. The third kappa shape index (κ3) is 3.69. The number of ether oxygens (including phenoxy) is 1. The monoisotopic (exact) mass is 302 g/mol. The molecule has 0 amide bonds. The summed E-state index contributed by atoms with van der Waals surface area (Å²) < 4.78 is 6.06. The van der Waals surface area contributed by atoms with E-state index in [-0.39, 0.29) is 5.69 Å². The van der Waals surface area contributed by atoms with Gasteiger partial charge in [-0.3, -0.25) is 14.8 Å². The van der Waals surface area contributed by atoms with Crippen LogP contribution in [0.5, 0.6) is 0 Å². The Kier molecular flexibility index (Phi) is 4.52. The van der Waals surface area contributed by atoms with Crippen LogP contribution in [-0.2, 0) is 16.6 Å². The van der Waals surface area contributed by atoms with E-state index in [0.29, 0.717) is 16.9 Å². The number of nitro groups is 1. The number of nitro benzene ring substituents is 1. The first-order valence-corrected chi connectivity index (χ1v) is 6.29. The number of benzene rings is 1. The maximum atomic E-state index is 11.2. The van der Waals surface area contributed by atoms with Gasteiger partial charge in [0.05, 0.1) is 23.9 Å². The van der Waals surface area contributed by atoms with Gasteiger partial charge >= 0.3 is 5.97 Å². The number of hydrogen-bond acceptors (Lipinski definition) is 6. The zero-order chi connectivity index (χ0) is 16.1. The lowest BCUT2D eigenvalue weighted by Crippen LogP contribution is -1.97. The van der Waals surface area contributed by atoms with Gasteiger partial charge in [-0.05, 0) is 17.7 Å². The molecule has 0 aliphatic rings. The summed E-state index contributed by atoms with van der Waals surface area (Å²) in [6, 6.07) is 4.60. The smallest absolute Gasteiger partial charge is 0.330 e. The molecule has 8 heteroatoms. The summed E-state index contributed by atoms with van der Waals surface area (Å²) in [5.74, 6) is -0.528. The average Bonchev–Trinajstić information content (AvgIpc) is 2.90. The molecule has 2 aromatic rings. The molecule has 0 fully saturated rings. The lowest BCUT2D eigenvalue weighted by Gasteiger charge is -2.05. The molecule has 8 nitrogen and oxygen atoms in total. The lowest BCUT2D eigenvalue weighted by atomic mass is 10.1. The topological polar surface area (TPSA) is 99.3 Å². The van der Waals surface area contributed by atoms with Gasteiger partial charge in [-0.1, -0.05) is 6.07 Å². The van der Waals surface area contributed by atoms with Crippen LogP contribution in [0.3, 0.4) is 0 Å². The van der Waals surface area contributed by atoms with Gasteiger partial charge in [-0.25, -0.2) is 4.79 Å². The first-order valence-electron chi connectivity index (χ1n) is 6.29. The number of carbonyl (C=O) groups excluding carboxylic acids is 1. The zero-order valence-corrected chi connectivity index (χ0v) is 12.0. The fourth-order valence-corrected chi connectivity index (χ4v) is 1.78. The number of hydrogen-bond donors (Lipinski definition) is 1. The number of carbonyl (C=O) groups is 1. The highest BCUT2D eigenvalue weighted by molar-refractivity contribution is 5.87. The highest BCUT2D eigenvalue weighted by Crippen LogP contribution is 2.28. The number of aromatic nitrogens is 2. The van der Waals surface area contributed by atoms with Gasteiger partial charge in [0.1, 0.15) is 5.69 Å². The average molecular weight is 302 g/mol. The Morgan fingerprint density at radius 1 is 1.50 bits per heavy atom. The Labute approximate surface area is 126 Å². The molecule has 0 spiro atoms. The van der Waals surface area contributed by atoms with Gasteiger partial charge in [0, 0.05) is 25.4 Å². The zero-order valence-electron chi connectivity index (χ0n) is 12.0. The third-order valence-electron chi connectivity index (χ3n) is 2.82. The van der Waals surface area contributed by atoms with Crippen LogP contribution < -0.4 is 5.32 Å². The Hall–Kier alpha value is -3.16. The predicted molar refractivity (Wildman–Crippen MR) is 80.6 cm³/mol. The van der Waals surface area contributed by atoms with Crippen molar-refractivity contribution in [2.75, 3.05) is 12.4 Å². The molecule has 1 aromatic carbocycles. The van der Waals surface area contributed by atoms with Crippen molar-refractivity contribution in [3.05, 3.63) is 52.3 Å². The molecule has 1 N–H and O–H groups in total. The minimum atomic E-state index is -0.528. The van der Waals surface area contributed by atoms with Crippen molar-refractivity contribution in [1.29, 1.82) is 0 Å². The quantitative estimate of drug-likeness (QED) is 0.393. The molecule has 0 bridgehead atoms. The molecule has 0 radical (unpaired) electrons. The van der Waals surface area contributed by atoms with E-state index in [1.54, 1.807) is 36.3 Å². The molecule has 1 aromatic heterocycles. The fraction of sp³-hybridized carbons (Fsp3) is 0.143. The number of aryl methyl sites for hydroxylation is 1. The number of esters is 1. The van der Waals surface area contributed by atoms with Crippen molar-refractivity contribution < 1.29 is 14.5 Å². The van der Waals surface area contributed by atoms with Gasteiger partial charge in [0.25, 0.3) is 5.69 Å². The Balaban J connectivity index is 2.29. The molecular weight excluding hydrogens is 288 g/mol. The molecule has 22 heavy (non-hydrogen) atoms. The highest BCUT2D eigenvalue weighted by atomic mass is 16.6. The van der Waals surface area contributed by atoms with Gasteiger partial charge in [-0.15, -0.1) is 0 Å². The summed E-state index contributed by atoms with van der Waals surface area (Å²) in [6.45, 7) is 0. The normalized spacial score (nSPS) is 10.6. The highest BCUT2D eigenvalue weighted by Gasteiger charge is 2.14. The van der Waals surface area contributed by atoms with Crippen molar-refractivity contribution in [2.45, 2.75) is 0 Å². The van der Waals surface area contributed by atoms with E-state index in [2.05, 4.69) is 15.2 Å². The van der Waals surface area contributed by atoms with E-state index in [0.717, 1.165) is 0 Å². The van der Waals surface area contributed by atoms with Gasteiger partial charge in [0.15, 0.2) is 0 Å². The van der Waals surface area contributed by atoms with Crippen LogP contribution in [0.1, 0.15) is 5.56 Å². The van der Waals surface area contributed by atoms with E-state index in [4.69, 9.17) is 0 Å². The molecule has 114 valence electrons. The largest absolute Gasteiger partial charge is 0.466 e. The van der Waals surface area contributed by atoms with Crippen LogP contribution in [0, 0.1) is 10.1 Å². The van der Waals surface area contributed by atoms with Gasteiger partial charge in [-0.2, -0.15) is 5.10 Å². The Morgan fingerprint density at radius 3 is 2.86 bits per heavy atom. The number of nitrogens with one attached hydrogen (secondary N) is 1. The van der Waals surface area contributed by atoms with E-state index >= 15 is 0 Å². The second-order valence-corrected chi connectivity index (χ2v) is 4.42. The Bertz CT molecular complexity index is 736. The van der Waals surface area contributed by atoms with Crippen molar-refractivity contribution in [3.8, 4) is 0 Å². The van der Waals surface area contributed by atoms with Crippen LogP contribution in [0.4, 0.5) is 17.1 Å². The number of nitrogens with zero attached hydrogens (tertiary/aromatic N) is 3. The summed E-state index contributed by atoms with van der Waals surface area (Å²) in [7, 11) is 3.01. The second-order valence-electron chi connectivity index (χ2n) is 4.42. The lowest BCUT2D eigenvalue weighted by molar-refractivity contribution is -0.383. The van der Waals surface area contributed by atoms with Crippen molar-refractivity contribution in [2.24, 2.45) is 7.05 Å². The van der Waals surface area contributed by atoms with E-state index in [9.17, 15) is 14.9 Å². The second kappa shape index (κ2) is 6.53. The molecule has 2 rings (SSSR count). The first-order chi connectivity index (χ1) is 10.5. The predicted octanol–water partition coefficient (Wildman–Crippen LogP) is 2.26. The summed E-state index contributed by atoms with van der Waals surface area (Å²) in [5.41, 5.74) is 1.40. The van der Waals surface area contributed by atoms with E-state index < -0.39 is 10.9 Å². The van der Waals surface area contributed by atoms with Crippen LogP contribution in [-0.4, -0.2) is 27.8 Å². The van der Waals surface area contributed by atoms with Crippen LogP contribution in [0.2, 0.25) is 0 Å². The minimum absolute atomic E-state index is 0.101. The molecule has 0 unspecified atom stereocenters. The first kappa shape index (κ1) is 15.2. The minimum Gasteiger partial charge on any atom is -0.466 e. The number of anilines is 2. The summed E-state index contributed by atoms with van der Waals surface area (Å²) >= 11 is 0. The summed E-state index contributed by atoms with van der Waals surface area (Å²) in [5, 5.41) is 18.1. The number of rotatable bonds is 5. The Morgan fingerprint density at radius 2 is 2.27 bits per heavy atom. The molecule has 0 aliphatic heterocycles. The van der Waals surface area contributed by atoms with Gasteiger partial charge in [0.2, 0.25) is 0 Å². The molecule has 0 atom stereocenters. The van der Waals surface area contributed by atoms with Gasteiger partial charge < -0.3 is 10.1 Å². The summed E-state index contributed by atoms with van der Waals surface area (Å²) in [4.78, 5) is 21.8. The standard InChI is InChI=1S/C14H14N4O4/c1-17-9-11(8-15-17)16-12-5-3-10(4-6-14(19)22-2)7-13(12)18(20)21/h3-9,16H,1-2H3/b6-4+. The van der Waals surface area contributed by atoms with Crippen molar-refractivity contribution in [1.82, 2.24) is 9.78 Å². The molecule has 1 heterocycles. The summed E-state index contributed by atoms with van der Waals surface area (Å²) in [6.07, 6.45) is 5.92. The SMILES string of the molecule is COC(=O)/C=C/c1ccc(Nc2cnn(C)c2)c([N+](=O)[O-])c1. The maximum absolute atomic E-state index is 11.2. The van der Waals surface area contributed by atoms with E-state index in [1.807, 2.05) is 0 Å². The van der Waals surface area contributed by atoms with Crippen LogP contribution >= 0.6 is 0 Å². The van der Waals surface area contributed by atoms with Crippen LogP contribution in [0.25, 0.3) is 6.08 Å². The molecule has 0 saturated carbocycles. The molecular formula is C14H14N4O4. The third-order valence-corrected chi connectivity index (χ3v) is 2.82. The molecule has 0 saturated heterocycles. The van der Waals surface area contributed by atoms with Crippen molar-refractivity contribution in [3.63, 3.8) is 0 Å². The molecule has 0 aliphatic carbocycles. The van der Waals surface area contributed by atoms with E-state index in [1.165, 1.54) is 25.3 Å². The number of methoxy groups -OCH3 is 1.